The molecule has 1 saturated heterocycles. The third kappa shape index (κ3) is 6.98. The number of fused-ring (bicyclic) bond motifs is 1. The van der Waals surface area contributed by atoms with Crippen LogP contribution in [0.1, 0.15) is 42.9 Å². The number of hydrogen-bond donors (Lipinski definition) is 2. The number of pyridine rings is 1. The smallest absolute Gasteiger partial charge is 0.416 e. The molecule has 6 nitrogen and oxygen atoms in total. The van der Waals surface area contributed by atoms with Gasteiger partial charge in [-0.25, -0.2) is 0 Å². The van der Waals surface area contributed by atoms with Crippen LogP contribution in [0.25, 0.3) is 10.9 Å². The Bertz CT molecular complexity index is 1320. The fourth-order valence-corrected chi connectivity index (χ4v) is 6.27. The van der Waals surface area contributed by atoms with E-state index >= 15 is 0 Å². The van der Waals surface area contributed by atoms with Crippen LogP contribution in [0.15, 0.2) is 53.6 Å². The number of ether oxygens (including phenoxy) is 1. The van der Waals surface area contributed by atoms with Crippen LogP contribution in [0.2, 0.25) is 5.02 Å². The van der Waals surface area contributed by atoms with Gasteiger partial charge < -0.3 is 19.8 Å². The van der Waals surface area contributed by atoms with Gasteiger partial charge in [0.05, 0.1) is 34.7 Å². The summed E-state index contributed by atoms with van der Waals surface area (Å²) in [6.07, 6.45) is -2.54. The molecule has 0 amide bonds. The predicted molar refractivity (Wildman–Crippen MR) is 145 cm³/mol. The van der Waals surface area contributed by atoms with Gasteiger partial charge in [-0.05, 0) is 75.2 Å². The molecule has 2 heterocycles. The first kappa shape index (κ1) is 29.5. The minimum atomic E-state index is -4.38. The van der Waals surface area contributed by atoms with Gasteiger partial charge in [-0.2, -0.15) is 13.2 Å². The molecule has 1 aliphatic heterocycles. The van der Waals surface area contributed by atoms with E-state index in [-0.39, 0.29) is 12.8 Å². The number of aromatic nitrogens is 1. The molecule has 1 aromatic heterocycles. The summed E-state index contributed by atoms with van der Waals surface area (Å²) in [6, 6.07) is 10.6. The van der Waals surface area contributed by atoms with Gasteiger partial charge in [-0.3, -0.25) is 9.78 Å². The van der Waals surface area contributed by atoms with Gasteiger partial charge in [-0.15, -0.1) is 11.8 Å². The Balaban J connectivity index is 1.35. The number of piperidine rings is 1. The maximum Gasteiger partial charge on any atom is 0.416 e. The lowest BCUT2D eigenvalue weighted by Crippen LogP contribution is -2.45. The molecule has 1 unspecified atom stereocenters. The van der Waals surface area contributed by atoms with E-state index in [1.54, 1.807) is 31.4 Å². The number of carbonyl (C=O) groups is 1. The predicted octanol–water partition coefficient (Wildman–Crippen LogP) is 6.69. The number of aliphatic hydroxyl groups is 1. The summed E-state index contributed by atoms with van der Waals surface area (Å²) in [7, 11) is 1.54. The summed E-state index contributed by atoms with van der Waals surface area (Å²) in [4.78, 5) is 19.4. The first-order chi connectivity index (χ1) is 18.5. The Labute approximate surface area is 234 Å². The van der Waals surface area contributed by atoms with Crippen molar-refractivity contribution in [3.8, 4) is 5.75 Å². The van der Waals surface area contributed by atoms with Gasteiger partial charge in [0.25, 0.3) is 0 Å². The van der Waals surface area contributed by atoms with Gasteiger partial charge in [0, 0.05) is 34.3 Å². The average molecular weight is 583 g/mol. The molecule has 1 aliphatic rings. The van der Waals surface area contributed by atoms with E-state index in [9.17, 15) is 28.2 Å². The normalized spacial score (nSPS) is 16.8. The summed E-state index contributed by atoms with van der Waals surface area (Å²) >= 11 is 7.76. The number of carboxylic acid groups (broad SMARTS) is 1. The number of methoxy groups -OCH3 is 1. The Morgan fingerprint density at radius 3 is 2.64 bits per heavy atom. The molecule has 2 N–H and O–H groups in total. The van der Waals surface area contributed by atoms with Crippen LogP contribution in [0.5, 0.6) is 5.75 Å². The number of aliphatic hydroxyl groups excluding tert-OH is 1. The van der Waals surface area contributed by atoms with Crippen molar-refractivity contribution in [3.63, 3.8) is 0 Å². The maximum atomic E-state index is 13.0. The lowest BCUT2D eigenvalue weighted by molar-refractivity contribution is -0.153. The van der Waals surface area contributed by atoms with Crippen molar-refractivity contribution in [3.05, 3.63) is 64.8 Å². The molecule has 0 bridgehead atoms. The van der Waals surface area contributed by atoms with Crippen LogP contribution in [-0.2, 0) is 11.0 Å². The zero-order valence-corrected chi connectivity index (χ0v) is 23.0. The number of hydrogen-bond acceptors (Lipinski definition) is 6. The molecule has 3 aromatic rings. The molecule has 210 valence electrons. The quantitative estimate of drug-likeness (QED) is 0.258. The highest BCUT2D eigenvalue weighted by atomic mass is 35.5. The van der Waals surface area contributed by atoms with E-state index in [1.165, 1.54) is 24.0 Å². The highest BCUT2D eigenvalue weighted by Crippen LogP contribution is 2.41. The number of benzene rings is 2. The Hall–Kier alpha value is -2.53. The molecular weight excluding hydrogens is 553 g/mol. The zero-order chi connectivity index (χ0) is 28.2. The molecule has 2 aromatic carbocycles. The summed E-state index contributed by atoms with van der Waals surface area (Å²) in [5.41, 5.74) is -0.485. The van der Waals surface area contributed by atoms with Crippen molar-refractivity contribution in [2.45, 2.75) is 42.9 Å². The van der Waals surface area contributed by atoms with Gasteiger partial charge >= 0.3 is 12.1 Å². The Kier molecular flexibility index (Phi) is 9.31. The van der Waals surface area contributed by atoms with E-state index in [4.69, 9.17) is 16.3 Å². The number of likely N-dealkylation sites (tertiary alicyclic amines) is 1. The number of rotatable bonds is 10. The van der Waals surface area contributed by atoms with Crippen LogP contribution < -0.4 is 4.74 Å². The number of aliphatic carboxylic acids is 1. The van der Waals surface area contributed by atoms with Crippen molar-refractivity contribution in [1.82, 2.24) is 9.88 Å². The van der Waals surface area contributed by atoms with Crippen LogP contribution in [0, 0.1) is 5.41 Å². The number of alkyl halides is 3. The fraction of sp³-hybridized carbons (Fsp3) is 0.429. The monoisotopic (exact) mass is 582 g/mol. The number of nitrogens with zero attached hydrogens (tertiary/aromatic N) is 2. The van der Waals surface area contributed by atoms with E-state index in [2.05, 4.69) is 9.88 Å². The molecule has 0 spiro atoms. The molecule has 1 atom stereocenters. The van der Waals surface area contributed by atoms with Crippen LogP contribution in [0.4, 0.5) is 13.2 Å². The van der Waals surface area contributed by atoms with Gasteiger partial charge in [0.15, 0.2) is 0 Å². The van der Waals surface area contributed by atoms with Gasteiger partial charge in [0.2, 0.25) is 0 Å². The molecular formula is C28H30ClF3N2O4S. The maximum absolute atomic E-state index is 13.0. The zero-order valence-electron chi connectivity index (χ0n) is 21.4. The largest absolute Gasteiger partial charge is 0.497 e. The SMILES string of the molecule is COc1ccc2ncc(Cl)c(C(O)CCC3(C(=O)O)CCN(CCSc4cccc(C(F)(F)F)c4)CC3)c2c1. The topological polar surface area (TPSA) is 82.9 Å². The first-order valence-electron chi connectivity index (χ1n) is 12.6. The summed E-state index contributed by atoms with van der Waals surface area (Å²) in [5.74, 6) is 0.303. The van der Waals surface area contributed by atoms with Crippen molar-refractivity contribution in [2.75, 3.05) is 32.5 Å². The minimum Gasteiger partial charge on any atom is -0.497 e. The lowest BCUT2D eigenvalue weighted by atomic mass is 9.74. The van der Waals surface area contributed by atoms with Gasteiger partial charge in [0.1, 0.15) is 5.75 Å². The number of carboxylic acids is 1. The number of halogens is 4. The highest BCUT2D eigenvalue weighted by molar-refractivity contribution is 7.99. The molecule has 4 rings (SSSR count). The van der Waals surface area contributed by atoms with E-state index in [0.717, 1.165) is 12.1 Å². The fourth-order valence-electron chi connectivity index (χ4n) is 5.02. The average Bonchev–Trinajstić information content (AvgIpc) is 2.91. The lowest BCUT2D eigenvalue weighted by Gasteiger charge is -2.39. The van der Waals surface area contributed by atoms with Crippen LogP contribution in [-0.4, -0.2) is 58.6 Å². The second-order valence-corrected chi connectivity index (χ2v) is 11.3. The van der Waals surface area contributed by atoms with Crippen LogP contribution in [0.3, 0.4) is 0 Å². The number of thioether (sulfide) groups is 1. The van der Waals surface area contributed by atoms with Crippen molar-refractivity contribution >= 4 is 40.2 Å². The van der Waals surface area contributed by atoms with Crippen molar-refractivity contribution < 1.29 is 32.9 Å². The third-order valence-electron chi connectivity index (χ3n) is 7.40. The molecule has 0 saturated carbocycles. The summed E-state index contributed by atoms with van der Waals surface area (Å²) in [5, 5.41) is 22.2. The van der Waals surface area contributed by atoms with E-state index < -0.39 is 29.2 Å². The Morgan fingerprint density at radius 1 is 1.23 bits per heavy atom. The minimum absolute atomic E-state index is 0.216. The van der Waals surface area contributed by atoms with E-state index in [1.807, 2.05) is 0 Å². The molecule has 0 radical (unpaired) electrons. The summed E-state index contributed by atoms with van der Waals surface area (Å²) < 4.78 is 44.2. The molecule has 1 fully saturated rings. The van der Waals surface area contributed by atoms with E-state index in [0.29, 0.717) is 70.4 Å². The summed E-state index contributed by atoms with van der Waals surface area (Å²) in [6.45, 7) is 1.75. The third-order valence-corrected chi connectivity index (χ3v) is 8.68. The second kappa shape index (κ2) is 12.3. The van der Waals surface area contributed by atoms with Crippen molar-refractivity contribution in [2.24, 2.45) is 5.41 Å². The Morgan fingerprint density at radius 2 is 1.97 bits per heavy atom. The molecule has 0 aliphatic carbocycles. The molecule has 39 heavy (non-hydrogen) atoms. The first-order valence-corrected chi connectivity index (χ1v) is 13.9. The van der Waals surface area contributed by atoms with Crippen LogP contribution >= 0.6 is 23.4 Å². The van der Waals surface area contributed by atoms with Gasteiger partial charge in [-0.1, -0.05) is 17.7 Å². The second-order valence-electron chi connectivity index (χ2n) is 9.76. The highest BCUT2D eigenvalue weighted by Gasteiger charge is 2.41. The standard InChI is InChI=1S/C28H30ClF3N2O4S/c1-38-19-5-6-23-21(16-19)25(22(29)17-33-23)24(35)7-8-27(26(36)37)9-11-34(12-10-27)13-14-39-20-4-2-3-18(15-20)28(30,31)32/h2-6,15-17,24,35H,7-14H2,1H3,(H,36,37). The molecule has 11 heteroatoms. The van der Waals surface area contributed by atoms with Crippen molar-refractivity contribution in [1.29, 1.82) is 0 Å².